The lowest BCUT2D eigenvalue weighted by Crippen LogP contribution is -2.10. The molecule has 160 valence electrons. The number of ether oxygens (including phenoxy) is 2. The standard InChI is InChI=1S/C23H25N5O2S/c1-4-15(16-8-6-5-7-9-16)13-28-22-20(21(24)25-14-26-22)27-23(28)31-19-12-17(29-2)10-11-18(19)30-3/h5-12,14-15H,4,13H2,1-3H3,(H2,24,25,26). The molecule has 1 atom stereocenters. The molecular formula is C23H25N5O2S. The van der Waals surface area contributed by atoms with E-state index < -0.39 is 0 Å². The third-order valence-electron chi connectivity index (χ3n) is 5.26. The Morgan fingerprint density at radius 3 is 2.58 bits per heavy atom. The van der Waals surface area contributed by atoms with E-state index in [4.69, 9.17) is 20.2 Å². The number of nitrogens with two attached hydrogens (primary N) is 1. The maximum absolute atomic E-state index is 6.13. The van der Waals surface area contributed by atoms with Gasteiger partial charge in [0.25, 0.3) is 0 Å². The number of hydrogen-bond donors (Lipinski definition) is 1. The molecule has 0 saturated heterocycles. The summed E-state index contributed by atoms with van der Waals surface area (Å²) in [6, 6.07) is 16.2. The molecule has 2 N–H and O–H groups in total. The second kappa shape index (κ2) is 9.26. The number of fused-ring (bicyclic) bond motifs is 1. The van der Waals surface area contributed by atoms with Crippen molar-refractivity contribution in [3.63, 3.8) is 0 Å². The summed E-state index contributed by atoms with van der Waals surface area (Å²) in [5.41, 5.74) is 8.74. The van der Waals surface area contributed by atoms with Gasteiger partial charge in [-0.05, 0) is 41.9 Å². The predicted molar refractivity (Wildman–Crippen MR) is 123 cm³/mol. The van der Waals surface area contributed by atoms with Gasteiger partial charge in [0.2, 0.25) is 0 Å². The lowest BCUT2D eigenvalue weighted by atomic mass is 9.96. The Morgan fingerprint density at radius 2 is 1.87 bits per heavy atom. The summed E-state index contributed by atoms with van der Waals surface area (Å²) in [6.45, 7) is 2.92. The number of methoxy groups -OCH3 is 2. The maximum atomic E-state index is 6.13. The fourth-order valence-corrected chi connectivity index (χ4v) is 4.59. The number of hydrogen-bond acceptors (Lipinski definition) is 7. The van der Waals surface area contributed by atoms with Crippen LogP contribution in [0.15, 0.2) is 64.9 Å². The van der Waals surface area contributed by atoms with Crippen molar-refractivity contribution in [3.8, 4) is 11.5 Å². The molecule has 8 heteroatoms. The van der Waals surface area contributed by atoms with Gasteiger partial charge in [-0.15, -0.1) is 0 Å². The highest BCUT2D eigenvalue weighted by atomic mass is 32.2. The fourth-order valence-electron chi connectivity index (χ4n) is 3.55. The van der Waals surface area contributed by atoms with Crippen LogP contribution in [-0.2, 0) is 6.54 Å². The third kappa shape index (κ3) is 4.29. The predicted octanol–water partition coefficient (Wildman–Crippen LogP) is 4.77. The van der Waals surface area contributed by atoms with Gasteiger partial charge in [0.05, 0.1) is 19.1 Å². The Bertz CT molecular complexity index is 1180. The van der Waals surface area contributed by atoms with E-state index in [1.165, 1.54) is 23.7 Å². The zero-order valence-electron chi connectivity index (χ0n) is 17.8. The van der Waals surface area contributed by atoms with E-state index in [0.29, 0.717) is 17.3 Å². The van der Waals surface area contributed by atoms with Crippen LogP contribution in [0.5, 0.6) is 11.5 Å². The van der Waals surface area contributed by atoms with Crippen molar-refractivity contribution >= 4 is 28.7 Å². The smallest absolute Gasteiger partial charge is 0.175 e. The van der Waals surface area contributed by atoms with Crippen LogP contribution in [0.4, 0.5) is 5.82 Å². The van der Waals surface area contributed by atoms with Gasteiger partial charge < -0.3 is 19.8 Å². The zero-order valence-corrected chi connectivity index (χ0v) is 18.6. The van der Waals surface area contributed by atoms with Crippen LogP contribution in [0.25, 0.3) is 11.2 Å². The molecule has 0 aliphatic heterocycles. The Labute approximate surface area is 185 Å². The van der Waals surface area contributed by atoms with Crippen LogP contribution >= 0.6 is 11.8 Å². The first-order valence-corrected chi connectivity index (χ1v) is 10.9. The number of nitrogens with zero attached hydrogens (tertiary/aromatic N) is 4. The molecule has 4 rings (SSSR count). The monoisotopic (exact) mass is 435 g/mol. The van der Waals surface area contributed by atoms with Gasteiger partial charge in [-0.25, -0.2) is 15.0 Å². The normalized spacial score (nSPS) is 12.1. The van der Waals surface area contributed by atoms with E-state index in [-0.39, 0.29) is 0 Å². The van der Waals surface area contributed by atoms with E-state index in [9.17, 15) is 0 Å². The van der Waals surface area contributed by atoms with Gasteiger partial charge in [0, 0.05) is 12.5 Å². The summed E-state index contributed by atoms with van der Waals surface area (Å²) in [4.78, 5) is 14.3. The second-order valence-corrected chi connectivity index (χ2v) is 8.08. The molecule has 0 aliphatic carbocycles. The van der Waals surface area contributed by atoms with Crippen LogP contribution in [-0.4, -0.2) is 33.7 Å². The van der Waals surface area contributed by atoms with Crippen LogP contribution < -0.4 is 15.2 Å². The van der Waals surface area contributed by atoms with Gasteiger partial charge in [-0.1, -0.05) is 37.3 Å². The van der Waals surface area contributed by atoms with E-state index in [1.54, 1.807) is 14.2 Å². The minimum atomic E-state index is 0.307. The first kappa shape index (κ1) is 21.0. The first-order valence-electron chi connectivity index (χ1n) is 10.1. The molecular weight excluding hydrogens is 410 g/mol. The quantitative estimate of drug-likeness (QED) is 0.426. The van der Waals surface area contributed by atoms with Gasteiger partial charge in [0.1, 0.15) is 17.8 Å². The lowest BCUT2D eigenvalue weighted by Gasteiger charge is -2.18. The number of rotatable bonds is 8. The molecule has 0 spiro atoms. The van der Waals surface area contributed by atoms with Gasteiger partial charge in [-0.2, -0.15) is 0 Å². The van der Waals surface area contributed by atoms with Crippen LogP contribution in [0.2, 0.25) is 0 Å². The molecule has 1 unspecified atom stereocenters. The van der Waals surface area contributed by atoms with Crippen LogP contribution in [0.1, 0.15) is 24.8 Å². The largest absolute Gasteiger partial charge is 0.497 e. The lowest BCUT2D eigenvalue weighted by molar-refractivity contribution is 0.394. The number of anilines is 1. The molecule has 4 aromatic rings. The van der Waals surface area contributed by atoms with Crippen molar-refractivity contribution in [2.75, 3.05) is 20.0 Å². The highest BCUT2D eigenvalue weighted by Crippen LogP contribution is 2.39. The van der Waals surface area contributed by atoms with Crippen molar-refractivity contribution in [1.29, 1.82) is 0 Å². The van der Waals surface area contributed by atoms with Gasteiger partial charge in [-0.3, -0.25) is 0 Å². The molecule has 0 radical (unpaired) electrons. The topological polar surface area (TPSA) is 88.1 Å². The van der Waals surface area contributed by atoms with Crippen molar-refractivity contribution < 1.29 is 9.47 Å². The van der Waals surface area contributed by atoms with Crippen molar-refractivity contribution in [2.45, 2.75) is 35.9 Å². The van der Waals surface area contributed by atoms with Gasteiger partial charge >= 0.3 is 0 Å². The van der Waals surface area contributed by atoms with E-state index >= 15 is 0 Å². The molecule has 0 fully saturated rings. The summed E-state index contributed by atoms with van der Waals surface area (Å²) in [5, 5.41) is 0.781. The first-order chi connectivity index (χ1) is 15.1. The molecule has 2 aromatic carbocycles. The molecule has 0 aliphatic rings. The van der Waals surface area contributed by atoms with E-state index in [1.807, 2.05) is 24.3 Å². The van der Waals surface area contributed by atoms with Crippen LogP contribution in [0, 0.1) is 0 Å². The number of nitrogen functional groups attached to an aromatic ring is 1. The average molecular weight is 436 g/mol. The van der Waals surface area contributed by atoms with E-state index in [0.717, 1.165) is 40.2 Å². The molecule has 0 bridgehead atoms. The van der Waals surface area contributed by atoms with Crippen molar-refractivity contribution in [1.82, 2.24) is 19.5 Å². The summed E-state index contributed by atoms with van der Waals surface area (Å²) < 4.78 is 13.1. The molecule has 2 heterocycles. The zero-order chi connectivity index (χ0) is 21.8. The Morgan fingerprint density at radius 1 is 1.06 bits per heavy atom. The molecule has 31 heavy (non-hydrogen) atoms. The summed E-state index contributed by atoms with van der Waals surface area (Å²) in [6.07, 6.45) is 2.47. The third-order valence-corrected chi connectivity index (χ3v) is 6.30. The van der Waals surface area contributed by atoms with Crippen LogP contribution in [0.3, 0.4) is 0 Å². The Kier molecular flexibility index (Phi) is 6.27. The summed E-state index contributed by atoms with van der Waals surface area (Å²) in [5.74, 6) is 2.18. The highest BCUT2D eigenvalue weighted by molar-refractivity contribution is 7.99. The summed E-state index contributed by atoms with van der Waals surface area (Å²) in [7, 11) is 3.30. The maximum Gasteiger partial charge on any atom is 0.175 e. The minimum Gasteiger partial charge on any atom is -0.497 e. The Balaban J connectivity index is 1.80. The highest BCUT2D eigenvalue weighted by Gasteiger charge is 2.21. The fraction of sp³-hybridized carbons (Fsp3) is 0.261. The molecule has 0 saturated carbocycles. The molecule has 0 amide bonds. The van der Waals surface area contributed by atoms with E-state index in [2.05, 4.69) is 45.7 Å². The second-order valence-electron chi connectivity index (χ2n) is 7.07. The minimum absolute atomic E-state index is 0.307. The number of benzene rings is 2. The molecule has 7 nitrogen and oxygen atoms in total. The van der Waals surface area contributed by atoms with Gasteiger partial charge in [0.15, 0.2) is 22.1 Å². The Hall–Kier alpha value is -3.26. The van der Waals surface area contributed by atoms with Crippen molar-refractivity contribution in [3.05, 3.63) is 60.4 Å². The number of aromatic nitrogens is 4. The average Bonchev–Trinajstić information content (AvgIpc) is 3.16. The molecule has 2 aromatic heterocycles. The SMILES string of the molecule is CCC(Cn1c(Sc2cc(OC)ccc2OC)nc2c(N)ncnc21)c1ccccc1. The number of imidazole rings is 1. The summed E-state index contributed by atoms with van der Waals surface area (Å²) >= 11 is 1.50. The van der Waals surface area contributed by atoms with Crippen molar-refractivity contribution in [2.24, 2.45) is 0 Å².